The third-order valence-electron chi connectivity index (χ3n) is 6.15. The second-order valence-corrected chi connectivity index (χ2v) is 13.1. The number of phenolic OH excluding ortho intramolecular Hbond substituents is 1. The largest absolute Gasteiger partial charge is 0.598 e. The first kappa shape index (κ1) is 26.9. The number of hydrogen-bond acceptors (Lipinski definition) is 6. The van der Waals surface area contributed by atoms with Gasteiger partial charge in [-0.25, -0.2) is 0 Å². The van der Waals surface area contributed by atoms with E-state index >= 15 is 0 Å². The number of rotatable bonds is 5. The van der Waals surface area contributed by atoms with Crippen molar-refractivity contribution < 1.29 is 23.9 Å². The summed E-state index contributed by atoms with van der Waals surface area (Å²) in [5.74, 6) is -0.834. The van der Waals surface area contributed by atoms with Gasteiger partial charge in [0.25, 0.3) is 5.91 Å². The van der Waals surface area contributed by atoms with Crippen LogP contribution in [-0.2, 0) is 25.6 Å². The Bertz CT molecular complexity index is 879. The number of hydrogen-bond donors (Lipinski definition) is 2. The van der Waals surface area contributed by atoms with E-state index in [1.165, 1.54) is 6.07 Å². The van der Waals surface area contributed by atoms with Crippen LogP contribution in [-0.4, -0.2) is 56.3 Å². The molecule has 2 heterocycles. The van der Waals surface area contributed by atoms with Crippen LogP contribution in [0.2, 0.25) is 10.0 Å². The number of carbonyl (C=O) groups excluding carboxylic acids is 1. The lowest BCUT2D eigenvalue weighted by molar-refractivity contribution is -0.163. The van der Waals surface area contributed by atoms with E-state index in [0.29, 0.717) is 30.0 Å². The van der Waals surface area contributed by atoms with E-state index in [4.69, 9.17) is 32.7 Å². The molecule has 5 atom stereocenters. The Morgan fingerprint density at radius 2 is 1.97 bits per heavy atom. The summed E-state index contributed by atoms with van der Waals surface area (Å²) in [4.78, 5) is 14.9. The van der Waals surface area contributed by atoms with Gasteiger partial charge in [-0.2, -0.15) is 0 Å². The van der Waals surface area contributed by atoms with Crippen molar-refractivity contribution in [2.75, 3.05) is 13.2 Å². The Hall–Kier alpha value is -0.740. The molecule has 186 valence electrons. The molecule has 0 spiro atoms. The van der Waals surface area contributed by atoms with Gasteiger partial charge in [0.15, 0.2) is 11.9 Å². The van der Waals surface area contributed by atoms with Gasteiger partial charge in [0.2, 0.25) is 0 Å². The zero-order valence-corrected chi connectivity index (χ0v) is 22.3. The highest BCUT2D eigenvalue weighted by Crippen LogP contribution is 2.41. The van der Waals surface area contributed by atoms with E-state index in [1.807, 2.05) is 32.6 Å². The zero-order chi connectivity index (χ0) is 24.7. The molecule has 7 nitrogen and oxygen atoms in total. The molecule has 0 saturated carbocycles. The van der Waals surface area contributed by atoms with Crippen LogP contribution in [0.3, 0.4) is 0 Å². The summed E-state index contributed by atoms with van der Waals surface area (Å²) in [5.41, 5.74) is 0.549. The summed E-state index contributed by atoms with van der Waals surface area (Å²) in [6.07, 6.45) is 0.702. The minimum atomic E-state index is -1.38. The molecular formula is C23H34Cl2N2O5S. The fourth-order valence-corrected chi connectivity index (χ4v) is 5.57. The number of amides is 1. The molecule has 2 aliphatic rings. The Morgan fingerprint density at radius 1 is 1.33 bits per heavy atom. The zero-order valence-electron chi connectivity index (χ0n) is 20.0. The van der Waals surface area contributed by atoms with E-state index in [0.717, 1.165) is 0 Å². The number of carbonyl (C=O) groups is 1. The monoisotopic (exact) mass is 520 g/mol. The predicted molar refractivity (Wildman–Crippen MR) is 131 cm³/mol. The maximum atomic E-state index is 13.1. The van der Waals surface area contributed by atoms with Gasteiger partial charge in [0.1, 0.15) is 10.5 Å². The molecular weight excluding hydrogens is 487 g/mol. The van der Waals surface area contributed by atoms with Crippen LogP contribution >= 0.6 is 23.2 Å². The van der Waals surface area contributed by atoms with Crippen LogP contribution < -0.4 is 4.72 Å². The first-order valence-electron chi connectivity index (χ1n) is 11.2. The molecule has 0 radical (unpaired) electrons. The number of nitrogens with one attached hydrogen (secondary N) is 1. The standard InChI is InChI=1S/C23H34Cl2N2O5S/c1-13-9-14(7-8-27(13)21(29)19-12-31-23(5,6)32-19)20(26-33(30)22(2,3)4)15-10-16(24)17(25)11-18(15)28/h10-11,13-14,19-20,26,28H,7-9,12H2,1-6H3/t13-,14+,19+,20+,33?/m0/s1. The molecule has 2 N–H and O–H groups in total. The van der Waals surface area contributed by atoms with Crippen molar-refractivity contribution in [3.63, 3.8) is 0 Å². The summed E-state index contributed by atoms with van der Waals surface area (Å²) in [6.45, 7) is 12.0. The average Bonchev–Trinajstić information content (AvgIpc) is 3.07. The van der Waals surface area contributed by atoms with E-state index in [-0.39, 0.29) is 35.2 Å². The molecule has 1 unspecified atom stereocenters. The summed E-state index contributed by atoms with van der Waals surface area (Å²) in [7, 11) is 0. The maximum absolute atomic E-state index is 13.1. The van der Waals surface area contributed by atoms with Crippen LogP contribution in [0.1, 0.15) is 66.0 Å². The second-order valence-electron chi connectivity index (χ2n) is 10.3. The van der Waals surface area contributed by atoms with Crippen molar-refractivity contribution in [1.82, 2.24) is 9.62 Å². The van der Waals surface area contributed by atoms with Gasteiger partial charge in [0.05, 0.1) is 22.7 Å². The Balaban J connectivity index is 1.81. The normalized spacial score (nSPS) is 27.4. The molecule has 0 bridgehead atoms. The van der Waals surface area contributed by atoms with Crippen LogP contribution in [0, 0.1) is 5.92 Å². The molecule has 1 aromatic carbocycles. The van der Waals surface area contributed by atoms with Gasteiger partial charge >= 0.3 is 0 Å². The predicted octanol–water partition coefficient (Wildman–Crippen LogP) is 4.57. The van der Waals surface area contributed by atoms with Crippen molar-refractivity contribution in [3.8, 4) is 5.75 Å². The van der Waals surface area contributed by atoms with E-state index in [1.54, 1.807) is 19.9 Å². The number of nitrogens with zero attached hydrogens (tertiary/aromatic N) is 1. The molecule has 2 fully saturated rings. The maximum Gasteiger partial charge on any atom is 0.254 e. The minimum Gasteiger partial charge on any atom is -0.598 e. The minimum absolute atomic E-state index is 0.00213. The number of halogens is 2. The summed E-state index contributed by atoms with van der Waals surface area (Å²) >= 11 is 11.0. The SMILES string of the molecule is C[C@H]1C[C@H]([C@@H](N[S+]([O-])C(C)(C)C)c2cc(Cl)c(Cl)cc2O)CCN1C(=O)[C@H]1COC(C)(C)O1. The number of benzene rings is 1. The Morgan fingerprint density at radius 3 is 2.52 bits per heavy atom. The quantitative estimate of drug-likeness (QED) is 0.552. The van der Waals surface area contributed by atoms with Crippen LogP contribution in [0.15, 0.2) is 12.1 Å². The summed E-state index contributed by atoms with van der Waals surface area (Å²) < 4.78 is 27.1. The van der Waals surface area contributed by atoms with Gasteiger partial charge in [-0.3, -0.25) is 4.79 Å². The fraction of sp³-hybridized carbons (Fsp3) is 0.696. The van der Waals surface area contributed by atoms with Crippen molar-refractivity contribution in [1.29, 1.82) is 0 Å². The van der Waals surface area contributed by atoms with Crippen LogP contribution in [0.25, 0.3) is 0 Å². The number of phenols is 1. The van der Waals surface area contributed by atoms with Gasteiger partial charge in [0, 0.05) is 35.6 Å². The Kier molecular flexibility index (Phi) is 8.21. The highest BCUT2D eigenvalue weighted by Gasteiger charge is 2.43. The first-order chi connectivity index (χ1) is 15.2. The Labute approximate surface area is 209 Å². The van der Waals surface area contributed by atoms with Gasteiger partial charge in [-0.05, 0) is 66.4 Å². The van der Waals surface area contributed by atoms with Crippen molar-refractivity contribution in [3.05, 3.63) is 27.7 Å². The van der Waals surface area contributed by atoms with Crippen molar-refractivity contribution >= 4 is 40.5 Å². The third kappa shape index (κ3) is 6.28. The third-order valence-corrected chi connectivity index (χ3v) is 8.45. The van der Waals surface area contributed by atoms with Crippen LogP contribution in [0.4, 0.5) is 0 Å². The molecule has 33 heavy (non-hydrogen) atoms. The molecule has 0 aliphatic carbocycles. The molecule has 2 saturated heterocycles. The lowest BCUT2D eigenvalue weighted by Crippen LogP contribution is -2.52. The highest BCUT2D eigenvalue weighted by molar-refractivity contribution is 7.90. The number of likely N-dealkylation sites (tertiary alicyclic amines) is 1. The van der Waals surface area contributed by atoms with Gasteiger partial charge in [-0.15, -0.1) is 4.72 Å². The van der Waals surface area contributed by atoms with Gasteiger partial charge in [-0.1, -0.05) is 23.2 Å². The molecule has 1 aromatic rings. The molecule has 10 heteroatoms. The fourth-order valence-electron chi connectivity index (χ4n) is 4.34. The first-order valence-corrected chi connectivity index (χ1v) is 13.1. The second kappa shape index (κ2) is 10.1. The number of ether oxygens (including phenoxy) is 2. The number of piperidine rings is 1. The van der Waals surface area contributed by atoms with Crippen LogP contribution in [0.5, 0.6) is 5.75 Å². The molecule has 0 aromatic heterocycles. The smallest absolute Gasteiger partial charge is 0.254 e. The topological polar surface area (TPSA) is 94.1 Å². The van der Waals surface area contributed by atoms with Crippen molar-refractivity contribution in [2.45, 2.75) is 83.1 Å². The van der Waals surface area contributed by atoms with Crippen molar-refractivity contribution in [2.24, 2.45) is 5.92 Å². The van der Waals surface area contributed by atoms with E-state index in [9.17, 15) is 14.5 Å². The lowest BCUT2D eigenvalue weighted by atomic mass is 9.82. The molecule has 2 aliphatic heterocycles. The lowest BCUT2D eigenvalue weighted by Gasteiger charge is -2.42. The summed E-state index contributed by atoms with van der Waals surface area (Å²) in [5, 5.41) is 11.2. The number of aromatic hydroxyl groups is 1. The highest BCUT2D eigenvalue weighted by atomic mass is 35.5. The average molecular weight is 522 g/mol. The van der Waals surface area contributed by atoms with Gasteiger partial charge < -0.3 is 24.0 Å². The summed E-state index contributed by atoms with van der Waals surface area (Å²) in [6, 6.07) is 2.55. The molecule has 3 rings (SSSR count). The van der Waals surface area contributed by atoms with E-state index < -0.39 is 34.0 Å². The molecule has 1 amide bonds. The van der Waals surface area contributed by atoms with E-state index in [2.05, 4.69) is 4.72 Å².